The van der Waals surface area contributed by atoms with Crippen molar-refractivity contribution in [1.29, 1.82) is 0 Å². The van der Waals surface area contributed by atoms with Crippen LogP contribution in [0.1, 0.15) is 13.8 Å². The fraction of sp³-hybridized carbons (Fsp3) is 0.611. The number of benzene rings is 1. The second kappa shape index (κ2) is 9.37. The SMILES string of the molecule is COc1ccc(OCCN2CCN(C(=O)OCC(C)C)CC2)cc1. The monoisotopic (exact) mass is 336 g/mol. The maximum absolute atomic E-state index is 11.9. The molecule has 0 bridgehead atoms. The van der Waals surface area contributed by atoms with Crippen molar-refractivity contribution in [2.45, 2.75) is 13.8 Å². The third-order valence-corrected chi connectivity index (χ3v) is 3.91. The van der Waals surface area contributed by atoms with Gasteiger partial charge in [0.1, 0.15) is 18.1 Å². The summed E-state index contributed by atoms with van der Waals surface area (Å²) in [6.45, 7) is 9.15. The van der Waals surface area contributed by atoms with Gasteiger partial charge < -0.3 is 19.1 Å². The van der Waals surface area contributed by atoms with E-state index in [1.165, 1.54) is 0 Å². The van der Waals surface area contributed by atoms with Gasteiger partial charge in [-0.25, -0.2) is 4.79 Å². The summed E-state index contributed by atoms with van der Waals surface area (Å²) < 4.78 is 16.1. The number of methoxy groups -OCH3 is 1. The van der Waals surface area contributed by atoms with Crippen LogP contribution in [-0.4, -0.2) is 68.9 Å². The first kappa shape index (κ1) is 18.4. The molecular weight excluding hydrogens is 308 g/mol. The summed E-state index contributed by atoms with van der Waals surface area (Å²) in [6.07, 6.45) is -0.196. The van der Waals surface area contributed by atoms with Crippen LogP contribution in [0, 0.1) is 5.92 Å². The van der Waals surface area contributed by atoms with Crippen LogP contribution in [-0.2, 0) is 4.74 Å². The van der Waals surface area contributed by atoms with Crippen LogP contribution in [0.15, 0.2) is 24.3 Å². The lowest BCUT2D eigenvalue weighted by Gasteiger charge is -2.34. The molecule has 0 saturated carbocycles. The third kappa shape index (κ3) is 5.92. The zero-order valence-corrected chi connectivity index (χ0v) is 14.9. The van der Waals surface area contributed by atoms with E-state index in [4.69, 9.17) is 14.2 Å². The van der Waals surface area contributed by atoms with E-state index in [2.05, 4.69) is 4.90 Å². The topological polar surface area (TPSA) is 51.2 Å². The molecule has 1 aromatic carbocycles. The molecule has 0 spiro atoms. The maximum Gasteiger partial charge on any atom is 0.409 e. The quantitative estimate of drug-likeness (QED) is 0.766. The van der Waals surface area contributed by atoms with E-state index in [0.29, 0.717) is 32.2 Å². The van der Waals surface area contributed by atoms with Crippen molar-refractivity contribution in [3.63, 3.8) is 0 Å². The van der Waals surface area contributed by atoms with Gasteiger partial charge in [-0.3, -0.25) is 4.90 Å². The summed E-state index contributed by atoms with van der Waals surface area (Å²) in [4.78, 5) is 16.0. The average Bonchev–Trinajstić information content (AvgIpc) is 2.61. The molecule has 0 unspecified atom stereocenters. The molecule has 24 heavy (non-hydrogen) atoms. The Balaban J connectivity index is 1.63. The molecule has 1 amide bonds. The Bertz CT molecular complexity index is 496. The molecule has 1 fully saturated rings. The molecule has 134 valence electrons. The van der Waals surface area contributed by atoms with Gasteiger partial charge in [-0.05, 0) is 30.2 Å². The number of hydrogen-bond donors (Lipinski definition) is 0. The van der Waals surface area contributed by atoms with Crippen LogP contribution in [0.2, 0.25) is 0 Å². The Labute approximate surface area is 144 Å². The van der Waals surface area contributed by atoms with Crippen LogP contribution in [0.3, 0.4) is 0 Å². The molecule has 1 aliphatic heterocycles. The van der Waals surface area contributed by atoms with Crippen LogP contribution < -0.4 is 9.47 Å². The highest BCUT2D eigenvalue weighted by molar-refractivity contribution is 5.67. The van der Waals surface area contributed by atoms with Crippen LogP contribution >= 0.6 is 0 Å². The predicted octanol–water partition coefficient (Wildman–Crippen LogP) is 2.48. The van der Waals surface area contributed by atoms with Crippen molar-refractivity contribution in [2.24, 2.45) is 5.92 Å². The van der Waals surface area contributed by atoms with E-state index < -0.39 is 0 Å². The van der Waals surface area contributed by atoms with E-state index in [9.17, 15) is 4.79 Å². The van der Waals surface area contributed by atoms with Crippen LogP contribution in [0.25, 0.3) is 0 Å². The highest BCUT2D eigenvalue weighted by Gasteiger charge is 2.22. The number of carbonyl (C=O) groups is 1. The standard InChI is InChI=1S/C18H28N2O4/c1-15(2)14-24-18(21)20-10-8-19(9-11-20)12-13-23-17-6-4-16(22-3)5-7-17/h4-7,15H,8-14H2,1-3H3. The molecule has 1 aromatic rings. The summed E-state index contributed by atoms with van der Waals surface area (Å²) in [6, 6.07) is 7.58. The average molecular weight is 336 g/mol. The Kier molecular flexibility index (Phi) is 7.18. The molecule has 1 heterocycles. The second-order valence-electron chi connectivity index (χ2n) is 6.32. The van der Waals surface area contributed by atoms with Gasteiger partial charge in [0.25, 0.3) is 0 Å². The van der Waals surface area contributed by atoms with Crippen molar-refractivity contribution in [1.82, 2.24) is 9.80 Å². The summed E-state index contributed by atoms with van der Waals surface area (Å²) in [5.74, 6) is 2.03. The maximum atomic E-state index is 11.9. The molecule has 0 aromatic heterocycles. The molecule has 2 rings (SSSR count). The van der Waals surface area contributed by atoms with Crippen molar-refractivity contribution in [3.8, 4) is 11.5 Å². The molecule has 6 heteroatoms. The third-order valence-electron chi connectivity index (χ3n) is 3.91. The molecule has 0 radical (unpaired) electrons. The Hall–Kier alpha value is -1.95. The Morgan fingerprint density at radius 1 is 1.08 bits per heavy atom. The highest BCUT2D eigenvalue weighted by atomic mass is 16.6. The number of hydrogen-bond acceptors (Lipinski definition) is 5. The zero-order valence-electron chi connectivity index (χ0n) is 14.9. The number of piperazine rings is 1. The van der Waals surface area contributed by atoms with E-state index in [-0.39, 0.29) is 6.09 Å². The van der Waals surface area contributed by atoms with Crippen molar-refractivity contribution in [3.05, 3.63) is 24.3 Å². The normalized spacial score (nSPS) is 15.4. The van der Waals surface area contributed by atoms with E-state index in [0.717, 1.165) is 31.1 Å². The molecular formula is C18H28N2O4. The number of ether oxygens (including phenoxy) is 3. The first-order chi connectivity index (χ1) is 11.6. The van der Waals surface area contributed by atoms with Gasteiger partial charge in [-0.2, -0.15) is 0 Å². The van der Waals surface area contributed by atoms with Crippen LogP contribution in [0.5, 0.6) is 11.5 Å². The lowest BCUT2D eigenvalue weighted by atomic mass is 10.2. The summed E-state index contributed by atoms with van der Waals surface area (Å²) in [7, 11) is 1.65. The fourth-order valence-corrected chi connectivity index (χ4v) is 2.45. The van der Waals surface area contributed by atoms with E-state index in [1.807, 2.05) is 38.1 Å². The van der Waals surface area contributed by atoms with Crippen molar-refractivity contribution < 1.29 is 19.0 Å². The van der Waals surface area contributed by atoms with Gasteiger partial charge in [0.05, 0.1) is 13.7 Å². The predicted molar refractivity (Wildman–Crippen MR) is 92.7 cm³/mol. The lowest BCUT2D eigenvalue weighted by molar-refractivity contribution is 0.0661. The molecule has 0 N–H and O–H groups in total. The van der Waals surface area contributed by atoms with Crippen molar-refractivity contribution >= 4 is 6.09 Å². The minimum atomic E-state index is -0.196. The van der Waals surface area contributed by atoms with Crippen molar-refractivity contribution in [2.75, 3.05) is 53.0 Å². The van der Waals surface area contributed by atoms with Gasteiger partial charge in [0.2, 0.25) is 0 Å². The van der Waals surface area contributed by atoms with Gasteiger partial charge in [-0.15, -0.1) is 0 Å². The Morgan fingerprint density at radius 2 is 1.71 bits per heavy atom. The Morgan fingerprint density at radius 3 is 2.29 bits per heavy atom. The number of rotatable bonds is 7. The lowest BCUT2D eigenvalue weighted by Crippen LogP contribution is -2.49. The van der Waals surface area contributed by atoms with Gasteiger partial charge in [-0.1, -0.05) is 13.8 Å². The molecule has 1 saturated heterocycles. The minimum Gasteiger partial charge on any atom is -0.497 e. The molecule has 1 aliphatic rings. The highest BCUT2D eigenvalue weighted by Crippen LogP contribution is 2.17. The minimum absolute atomic E-state index is 0.196. The number of amides is 1. The molecule has 6 nitrogen and oxygen atoms in total. The summed E-state index contributed by atoms with van der Waals surface area (Å²) in [5, 5.41) is 0. The summed E-state index contributed by atoms with van der Waals surface area (Å²) in [5.41, 5.74) is 0. The van der Waals surface area contributed by atoms with Gasteiger partial charge in [0.15, 0.2) is 0 Å². The van der Waals surface area contributed by atoms with Gasteiger partial charge in [0, 0.05) is 32.7 Å². The smallest absolute Gasteiger partial charge is 0.409 e. The molecule has 0 aliphatic carbocycles. The van der Waals surface area contributed by atoms with E-state index in [1.54, 1.807) is 12.0 Å². The zero-order chi connectivity index (χ0) is 17.4. The fourth-order valence-electron chi connectivity index (χ4n) is 2.45. The first-order valence-corrected chi connectivity index (χ1v) is 8.49. The second-order valence-corrected chi connectivity index (χ2v) is 6.32. The molecule has 0 atom stereocenters. The number of carbonyl (C=O) groups excluding carboxylic acids is 1. The summed E-state index contributed by atoms with van der Waals surface area (Å²) >= 11 is 0. The van der Waals surface area contributed by atoms with Crippen LogP contribution in [0.4, 0.5) is 4.79 Å². The number of nitrogens with zero attached hydrogens (tertiary/aromatic N) is 2. The van der Waals surface area contributed by atoms with E-state index >= 15 is 0 Å². The largest absolute Gasteiger partial charge is 0.497 e. The van der Waals surface area contributed by atoms with Gasteiger partial charge >= 0.3 is 6.09 Å². The first-order valence-electron chi connectivity index (χ1n) is 8.49.